The number of ether oxygens (including phenoxy) is 1. The van der Waals surface area contributed by atoms with Gasteiger partial charge >= 0.3 is 0 Å². The lowest BCUT2D eigenvalue weighted by molar-refractivity contribution is 0.398. The number of nitrogens with one attached hydrogen (secondary N) is 1. The summed E-state index contributed by atoms with van der Waals surface area (Å²) in [4.78, 5) is 4.09. The molecule has 0 aliphatic carbocycles. The van der Waals surface area contributed by atoms with Crippen molar-refractivity contribution in [2.45, 2.75) is 19.4 Å². The fourth-order valence-corrected chi connectivity index (χ4v) is 2.28. The summed E-state index contributed by atoms with van der Waals surface area (Å²) in [6.07, 6.45) is 4.39. The standard InChI is InChI=1S/C14H20N4O/c1-10-7-11(18(3)17-10)8-13(15-2)12-5-6-16-9-14(12)19-4/h5-7,9,13,15H,8H2,1-4H3. The topological polar surface area (TPSA) is 52.0 Å². The second-order valence-corrected chi connectivity index (χ2v) is 4.56. The molecule has 2 heterocycles. The summed E-state index contributed by atoms with van der Waals surface area (Å²) in [5.74, 6) is 0.806. The molecule has 2 aromatic rings. The molecule has 2 rings (SSSR count). The summed E-state index contributed by atoms with van der Waals surface area (Å²) in [5, 5.41) is 7.71. The third-order valence-electron chi connectivity index (χ3n) is 3.27. The first kappa shape index (κ1) is 13.5. The maximum Gasteiger partial charge on any atom is 0.141 e. The van der Waals surface area contributed by atoms with Crippen molar-refractivity contribution in [2.24, 2.45) is 7.05 Å². The highest BCUT2D eigenvalue weighted by Gasteiger charge is 2.16. The van der Waals surface area contributed by atoms with Gasteiger partial charge in [0, 0.05) is 37.0 Å². The quantitative estimate of drug-likeness (QED) is 0.888. The molecule has 0 fully saturated rings. The monoisotopic (exact) mass is 260 g/mol. The highest BCUT2D eigenvalue weighted by molar-refractivity contribution is 5.33. The Bertz CT molecular complexity index is 550. The molecule has 0 saturated heterocycles. The normalized spacial score (nSPS) is 12.4. The van der Waals surface area contributed by atoms with Crippen LogP contribution in [0.25, 0.3) is 0 Å². The van der Waals surface area contributed by atoms with Crippen molar-refractivity contribution in [3.8, 4) is 5.75 Å². The molecule has 0 aliphatic heterocycles. The van der Waals surface area contributed by atoms with Gasteiger partial charge in [-0.05, 0) is 26.1 Å². The maximum absolute atomic E-state index is 5.38. The zero-order valence-corrected chi connectivity index (χ0v) is 11.8. The van der Waals surface area contributed by atoms with E-state index in [4.69, 9.17) is 4.74 Å². The van der Waals surface area contributed by atoms with E-state index in [-0.39, 0.29) is 6.04 Å². The van der Waals surface area contributed by atoms with Crippen LogP contribution in [0.2, 0.25) is 0 Å². The van der Waals surface area contributed by atoms with E-state index < -0.39 is 0 Å². The van der Waals surface area contributed by atoms with Gasteiger partial charge in [-0.25, -0.2) is 0 Å². The molecule has 0 aromatic carbocycles. The van der Waals surface area contributed by atoms with Crippen molar-refractivity contribution in [3.63, 3.8) is 0 Å². The van der Waals surface area contributed by atoms with E-state index in [9.17, 15) is 0 Å². The van der Waals surface area contributed by atoms with Crippen molar-refractivity contribution < 1.29 is 4.74 Å². The third kappa shape index (κ3) is 2.93. The molecular formula is C14H20N4O. The Labute approximate surface area is 113 Å². The number of aromatic nitrogens is 3. The van der Waals surface area contributed by atoms with Crippen molar-refractivity contribution in [1.29, 1.82) is 0 Å². The average molecular weight is 260 g/mol. The Hall–Kier alpha value is -1.88. The van der Waals surface area contributed by atoms with Gasteiger partial charge in [-0.3, -0.25) is 9.67 Å². The Morgan fingerprint density at radius 1 is 1.47 bits per heavy atom. The van der Waals surface area contributed by atoms with Gasteiger partial charge in [-0.2, -0.15) is 5.10 Å². The smallest absolute Gasteiger partial charge is 0.141 e. The van der Waals surface area contributed by atoms with Crippen LogP contribution in [0.1, 0.15) is 23.0 Å². The van der Waals surface area contributed by atoms with E-state index in [2.05, 4.69) is 21.5 Å². The number of hydrogen-bond acceptors (Lipinski definition) is 4. The summed E-state index contributed by atoms with van der Waals surface area (Å²) in [7, 11) is 5.59. The van der Waals surface area contributed by atoms with E-state index >= 15 is 0 Å². The molecule has 0 radical (unpaired) electrons. The zero-order valence-electron chi connectivity index (χ0n) is 11.8. The molecule has 0 saturated carbocycles. The molecule has 102 valence electrons. The largest absolute Gasteiger partial charge is 0.495 e. The second kappa shape index (κ2) is 5.84. The van der Waals surface area contributed by atoms with Crippen molar-refractivity contribution >= 4 is 0 Å². The average Bonchev–Trinajstić information content (AvgIpc) is 2.74. The number of methoxy groups -OCH3 is 1. The molecule has 1 N–H and O–H groups in total. The second-order valence-electron chi connectivity index (χ2n) is 4.56. The van der Waals surface area contributed by atoms with Crippen molar-refractivity contribution in [2.75, 3.05) is 14.2 Å². The first-order valence-corrected chi connectivity index (χ1v) is 6.30. The highest BCUT2D eigenvalue weighted by atomic mass is 16.5. The SMILES string of the molecule is CNC(Cc1cc(C)nn1C)c1ccncc1OC. The molecule has 1 unspecified atom stereocenters. The minimum Gasteiger partial charge on any atom is -0.495 e. The van der Waals surface area contributed by atoms with Crippen LogP contribution in [0.15, 0.2) is 24.5 Å². The molecule has 0 bridgehead atoms. The van der Waals surface area contributed by atoms with Gasteiger partial charge in [0.2, 0.25) is 0 Å². The predicted molar refractivity (Wildman–Crippen MR) is 74.2 cm³/mol. The van der Waals surface area contributed by atoms with Gasteiger partial charge in [0.25, 0.3) is 0 Å². The first-order valence-electron chi connectivity index (χ1n) is 6.30. The van der Waals surface area contributed by atoms with E-state index in [1.807, 2.05) is 31.8 Å². The lowest BCUT2D eigenvalue weighted by Gasteiger charge is -2.19. The van der Waals surface area contributed by atoms with E-state index in [1.54, 1.807) is 19.5 Å². The molecule has 1 atom stereocenters. The lowest BCUT2D eigenvalue weighted by Crippen LogP contribution is -2.21. The van der Waals surface area contributed by atoms with Gasteiger partial charge in [-0.1, -0.05) is 0 Å². The molecular weight excluding hydrogens is 240 g/mol. The predicted octanol–water partition coefficient (Wildman–Crippen LogP) is 1.64. The van der Waals surface area contributed by atoms with Gasteiger partial charge in [0.1, 0.15) is 5.75 Å². The van der Waals surface area contributed by atoms with Crippen LogP contribution >= 0.6 is 0 Å². The number of nitrogens with zero attached hydrogens (tertiary/aromatic N) is 3. The summed E-state index contributed by atoms with van der Waals surface area (Å²) >= 11 is 0. The van der Waals surface area contributed by atoms with Gasteiger partial charge < -0.3 is 10.1 Å². The maximum atomic E-state index is 5.38. The molecule has 0 aliphatic rings. The lowest BCUT2D eigenvalue weighted by atomic mass is 10.0. The van der Waals surface area contributed by atoms with Gasteiger partial charge in [0.05, 0.1) is 19.0 Å². The molecule has 0 spiro atoms. The number of hydrogen-bond donors (Lipinski definition) is 1. The highest BCUT2D eigenvalue weighted by Crippen LogP contribution is 2.26. The van der Waals surface area contributed by atoms with Crippen molar-refractivity contribution in [3.05, 3.63) is 41.5 Å². The Morgan fingerprint density at radius 2 is 2.26 bits per heavy atom. The van der Waals surface area contributed by atoms with E-state index in [1.165, 1.54) is 5.69 Å². The summed E-state index contributed by atoms with van der Waals surface area (Å²) < 4.78 is 7.30. The van der Waals surface area contributed by atoms with Gasteiger partial charge in [0.15, 0.2) is 0 Å². The number of rotatable bonds is 5. The van der Waals surface area contributed by atoms with E-state index in [0.29, 0.717) is 0 Å². The minimum absolute atomic E-state index is 0.174. The summed E-state index contributed by atoms with van der Waals surface area (Å²) in [6, 6.07) is 4.27. The van der Waals surface area contributed by atoms with Crippen LogP contribution in [0.3, 0.4) is 0 Å². The molecule has 2 aromatic heterocycles. The van der Waals surface area contributed by atoms with Crippen LogP contribution in [0.5, 0.6) is 5.75 Å². The summed E-state index contributed by atoms with van der Waals surface area (Å²) in [5.41, 5.74) is 3.34. The fraction of sp³-hybridized carbons (Fsp3) is 0.429. The minimum atomic E-state index is 0.174. The Balaban J connectivity index is 2.27. The van der Waals surface area contributed by atoms with E-state index in [0.717, 1.165) is 23.4 Å². The van der Waals surface area contributed by atoms with Crippen molar-refractivity contribution in [1.82, 2.24) is 20.1 Å². The Kier molecular flexibility index (Phi) is 4.16. The van der Waals surface area contributed by atoms with Crippen LogP contribution in [0.4, 0.5) is 0 Å². The Morgan fingerprint density at radius 3 is 2.84 bits per heavy atom. The number of aryl methyl sites for hydroxylation is 2. The molecule has 5 nitrogen and oxygen atoms in total. The van der Waals surface area contributed by atoms with Crippen LogP contribution in [-0.4, -0.2) is 28.9 Å². The molecule has 5 heteroatoms. The van der Waals surface area contributed by atoms with Crippen LogP contribution in [-0.2, 0) is 13.5 Å². The first-order chi connectivity index (χ1) is 9.15. The molecule has 19 heavy (non-hydrogen) atoms. The zero-order chi connectivity index (χ0) is 13.8. The number of pyridine rings is 1. The number of likely N-dealkylation sites (N-methyl/N-ethyl adjacent to an activating group) is 1. The van der Waals surface area contributed by atoms with Crippen LogP contribution in [0, 0.1) is 6.92 Å². The fourth-order valence-electron chi connectivity index (χ4n) is 2.28. The molecule has 0 amide bonds. The third-order valence-corrected chi connectivity index (χ3v) is 3.27. The van der Waals surface area contributed by atoms with Gasteiger partial charge in [-0.15, -0.1) is 0 Å². The van der Waals surface area contributed by atoms with Crippen LogP contribution < -0.4 is 10.1 Å². The summed E-state index contributed by atoms with van der Waals surface area (Å²) in [6.45, 7) is 2.00.